The van der Waals surface area contributed by atoms with Gasteiger partial charge in [-0.15, -0.1) is 0 Å². The molecule has 0 atom stereocenters. The zero-order valence-electron chi connectivity index (χ0n) is 23.0. The molecule has 9 heteroatoms. The van der Waals surface area contributed by atoms with Crippen molar-refractivity contribution in [2.75, 3.05) is 58.3 Å². The third-order valence-electron chi connectivity index (χ3n) is 8.29. The molecule has 6 heterocycles. The molecule has 5 aromatic rings. The summed E-state index contributed by atoms with van der Waals surface area (Å²) in [6, 6.07) is 12.8. The van der Waals surface area contributed by atoms with Gasteiger partial charge in [-0.25, -0.2) is 19.9 Å². The van der Waals surface area contributed by atoms with Gasteiger partial charge in [0.15, 0.2) is 0 Å². The lowest BCUT2D eigenvalue weighted by molar-refractivity contribution is 0.111. The van der Waals surface area contributed by atoms with Crippen molar-refractivity contribution in [1.29, 1.82) is 0 Å². The highest BCUT2D eigenvalue weighted by atomic mass is 16.5. The molecule has 2 fully saturated rings. The molecule has 0 spiro atoms. The number of aromatic nitrogens is 5. The van der Waals surface area contributed by atoms with E-state index in [4.69, 9.17) is 9.72 Å². The van der Waals surface area contributed by atoms with Gasteiger partial charge in [-0.3, -0.25) is 0 Å². The van der Waals surface area contributed by atoms with Gasteiger partial charge in [-0.1, -0.05) is 6.07 Å². The summed E-state index contributed by atoms with van der Waals surface area (Å²) in [5, 5.41) is 2.01. The first-order valence-electron chi connectivity index (χ1n) is 14.1. The van der Waals surface area contributed by atoms with Gasteiger partial charge in [-0.05, 0) is 68.4 Å². The monoisotopic (exact) mass is 534 g/mol. The lowest BCUT2D eigenvalue weighted by Gasteiger charge is -2.33. The van der Waals surface area contributed by atoms with E-state index in [0.29, 0.717) is 5.88 Å². The lowest BCUT2D eigenvalue weighted by Crippen LogP contribution is -2.44. The minimum atomic E-state index is 0.175. The number of anilines is 1. The first-order chi connectivity index (χ1) is 19.6. The van der Waals surface area contributed by atoms with Crippen LogP contribution in [0.4, 0.5) is 5.82 Å². The molecule has 2 aliphatic rings. The highest BCUT2D eigenvalue weighted by Crippen LogP contribution is 2.35. The molecule has 0 aliphatic carbocycles. The Morgan fingerprint density at radius 2 is 1.57 bits per heavy atom. The van der Waals surface area contributed by atoms with E-state index in [1.165, 1.54) is 0 Å². The summed E-state index contributed by atoms with van der Waals surface area (Å²) in [5.41, 5.74) is 6.10. The second-order valence-corrected chi connectivity index (χ2v) is 11.0. The topological polar surface area (TPSA) is 86.3 Å². The Balaban J connectivity index is 1.22. The van der Waals surface area contributed by atoms with Crippen molar-refractivity contribution in [2.45, 2.75) is 18.9 Å². The molecule has 204 valence electrons. The predicted molar refractivity (Wildman–Crippen MR) is 159 cm³/mol. The predicted octanol–water partition coefficient (Wildman–Crippen LogP) is 4.46. The summed E-state index contributed by atoms with van der Waals surface area (Å²) in [7, 11) is 4.33. The van der Waals surface area contributed by atoms with E-state index in [-0.39, 0.29) is 6.10 Å². The van der Waals surface area contributed by atoms with Gasteiger partial charge in [0.05, 0.1) is 10.9 Å². The molecule has 0 bridgehead atoms. The van der Waals surface area contributed by atoms with E-state index >= 15 is 0 Å². The molecule has 40 heavy (non-hydrogen) atoms. The maximum absolute atomic E-state index is 6.41. The maximum Gasteiger partial charge on any atom is 0.224 e. The van der Waals surface area contributed by atoms with Crippen molar-refractivity contribution >= 4 is 27.8 Å². The molecule has 0 unspecified atom stereocenters. The minimum Gasteiger partial charge on any atom is -0.474 e. The Kier molecular flexibility index (Phi) is 6.53. The van der Waals surface area contributed by atoms with Crippen molar-refractivity contribution in [3.05, 3.63) is 61.3 Å². The number of aromatic amines is 1. The molecule has 9 nitrogen and oxygen atoms in total. The number of nitrogens with zero attached hydrogens (tertiary/aromatic N) is 7. The summed E-state index contributed by atoms with van der Waals surface area (Å²) in [5.74, 6) is 1.68. The molecule has 0 amide bonds. The number of likely N-dealkylation sites (N-methyl/N-ethyl adjacent to an activating group) is 1. The number of piperazine rings is 1. The van der Waals surface area contributed by atoms with Crippen molar-refractivity contribution in [2.24, 2.45) is 0 Å². The third kappa shape index (κ3) is 4.87. The van der Waals surface area contributed by atoms with E-state index in [2.05, 4.69) is 85.1 Å². The quantitative estimate of drug-likeness (QED) is 0.354. The van der Waals surface area contributed by atoms with E-state index in [0.717, 1.165) is 102 Å². The van der Waals surface area contributed by atoms with E-state index in [9.17, 15) is 0 Å². The van der Waals surface area contributed by atoms with Gasteiger partial charge in [-0.2, -0.15) is 0 Å². The Morgan fingerprint density at radius 1 is 0.775 bits per heavy atom. The smallest absolute Gasteiger partial charge is 0.224 e. The fraction of sp³-hybridized carbons (Fsp3) is 0.355. The second-order valence-electron chi connectivity index (χ2n) is 11.0. The second kappa shape index (κ2) is 10.5. The molecule has 2 saturated heterocycles. The molecule has 2 aliphatic heterocycles. The first-order valence-corrected chi connectivity index (χ1v) is 14.1. The van der Waals surface area contributed by atoms with Crippen LogP contribution in [-0.2, 0) is 0 Å². The Hall–Kier alpha value is -4.08. The van der Waals surface area contributed by atoms with Crippen LogP contribution in [0.3, 0.4) is 0 Å². The van der Waals surface area contributed by atoms with Gasteiger partial charge in [0.2, 0.25) is 5.88 Å². The fourth-order valence-electron chi connectivity index (χ4n) is 5.76. The Bertz CT molecular complexity index is 1650. The van der Waals surface area contributed by atoms with Crippen molar-refractivity contribution in [1.82, 2.24) is 34.7 Å². The highest BCUT2D eigenvalue weighted by molar-refractivity contribution is 5.98. The van der Waals surface area contributed by atoms with Crippen LogP contribution >= 0.6 is 0 Å². The summed E-state index contributed by atoms with van der Waals surface area (Å²) in [4.78, 5) is 28.9. The number of fused-ring (bicyclic) bond motifs is 2. The number of benzene rings is 1. The Labute approximate surface area is 233 Å². The number of hydrogen-bond acceptors (Lipinski definition) is 8. The van der Waals surface area contributed by atoms with Crippen molar-refractivity contribution in [3.8, 4) is 28.1 Å². The molecule has 1 aromatic carbocycles. The number of piperidine rings is 1. The molecule has 0 saturated carbocycles. The lowest BCUT2D eigenvalue weighted by atomic mass is 10.0. The zero-order valence-corrected chi connectivity index (χ0v) is 23.0. The summed E-state index contributed by atoms with van der Waals surface area (Å²) in [6.07, 6.45) is 9.65. The first kappa shape index (κ1) is 24.9. The number of rotatable bonds is 5. The van der Waals surface area contributed by atoms with Crippen LogP contribution in [0.1, 0.15) is 12.8 Å². The SMILES string of the molecule is CN1CCC(Oc2ncnc3ccc(-c4c[nH]c5ncc(-c6ccnc(N7CCN(C)CC7)c6)cc45)cc23)CC1. The van der Waals surface area contributed by atoms with Crippen LogP contribution in [-0.4, -0.2) is 94.2 Å². The average molecular weight is 535 g/mol. The van der Waals surface area contributed by atoms with Crippen molar-refractivity contribution in [3.63, 3.8) is 0 Å². The van der Waals surface area contributed by atoms with Crippen LogP contribution in [0.5, 0.6) is 5.88 Å². The Morgan fingerprint density at radius 3 is 2.42 bits per heavy atom. The zero-order chi connectivity index (χ0) is 27.1. The van der Waals surface area contributed by atoms with Crippen LogP contribution in [0, 0.1) is 0 Å². The number of likely N-dealkylation sites (tertiary alicyclic amines) is 1. The van der Waals surface area contributed by atoms with Gasteiger partial charge < -0.3 is 24.4 Å². The molecular weight excluding hydrogens is 500 g/mol. The molecule has 4 aromatic heterocycles. The molecule has 1 N–H and O–H groups in total. The average Bonchev–Trinajstić information content (AvgIpc) is 3.42. The number of hydrogen-bond donors (Lipinski definition) is 1. The fourth-order valence-corrected chi connectivity index (χ4v) is 5.76. The summed E-state index contributed by atoms with van der Waals surface area (Å²) >= 11 is 0. The van der Waals surface area contributed by atoms with Gasteiger partial charge in [0, 0.05) is 74.4 Å². The molecular formula is C31H34N8O. The third-order valence-corrected chi connectivity index (χ3v) is 8.29. The van der Waals surface area contributed by atoms with Crippen molar-refractivity contribution < 1.29 is 4.74 Å². The molecule has 7 rings (SSSR count). The summed E-state index contributed by atoms with van der Waals surface area (Å²) < 4.78 is 6.41. The minimum absolute atomic E-state index is 0.175. The van der Waals surface area contributed by atoms with Gasteiger partial charge in [0.25, 0.3) is 0 Å². The largest absolute Gasteiger partial charge is 0.474 e. The summed E-state index contributed by atoms with van der Waals surface area (Å²) in [6.45, 7) is 6.15. The van der Waals surface area contributed by atoms with Crippen LogP contribution in [0.2, 0.25) is 0 Å². The van der Waals surface area contributed by atoms with Gasteiger partial charge in [0.1, 0.15) is 23.9 Å². The number of H-pyrrole nitrogens is 1. The van der Waals surface area contributed by atoms with E-state index in [1.807, 2.05) is 18.6 Å². The van der Waals surface area contributed by atoms with Crippen LogP contribution < -0.4 is 9.64 Å². The van der Waals surface area contributed by atoms with Crippen LogP contribution in [0.15, 0.2) is 61.3 Å². The number of nitrogens with one attached hydrogen (secondary N) is 1. The standard InChI is InChI=1S/C31H34N8O/c1-37-9-6-24(7-10-37)40-31-26-15-22(3-4-28(26)35-20-36-31)27-19-34-30-25(27)16-23(18-33-30)21-5-8-32-29(17-21)39-13-11-38(2)12-14-39/h3-5,8,15-20,24H,6-7,9-14H2,1-2H3,(H,33,34). The maximum atomic E-state index is 6.41. The molecule has 0 radical (unpaired) electrons. The van der Waals surface area contributed by atoms with Crippen LogP contribution in [0.25, 0.3) is 44.2 Å². The normalized spacial score (nSPS) is 17.6. The van der Waals surface area contributed by atoms with E-state index < -0.39 is 0 Å². The van der Waals surface area contributed by atoms with Gasteiger partial charge >= 0.3 is 0 Å². The number of pyridine rings is 2. The highest BCUT2D eigenvalue weighted by Gasteiger charge is 2.20. The van der Waals surface area contributed by atoms with E-state index in [1.54, 1.807) is 6.33 Å². The number of ether oxygens (including phenoxy) is 1.